The van der Waals surface area contributed by atoms with Crippen LogP contribution in [0, 0.1) is 5.92 Å². The van der Waals surface area contributed by atoms with Crippen molar-refractivity contribution in [2.45, 2.75) is 57.2 Å². The summed E-state index contributed by atoms with van der Waals surface area (Å²) < 4.78 is 11.6. The topological polar surface area (TPSA) is 73.6 Å². The molecular formula is C19H27ClN2O3. The van der Waals surface area contributed by atoms with Crippen molar-refractivity contribution in [1.82, 2.24) is 5.32 Å². The van der Waals surface area contributed by atoms with Crippen LogP contribution in [0.5, 0.6) is 5.75 Å². The minimum Gasteiger partial charge on any atom is -0.491 e. The van der Waals surface area contributed by atoms with Gasteiger partial charge in [0, 0.05) is 35.7 Å². The van der Waals surface area contributed by atoms with Crippen LogP contribution in [-0.4, -0.2) is 31.3 Å². The number of halogens is 1. The first kappa shape index (κ1) is 18.5. The van der Waals surface area contributed by atoms with Crippen molar-refractivity contribution in [3.63, 3.8) is 0 Å². The minimum atomic E-state index is -0.185. The molecule has 0 spiro atoms. The zero-order valence-electron chi connectivity index (χ0n) is 14.5. The highest BCUT2D eigenvalue weighted by molar-refractivity contribution is 6.30. The highest BCUT2D eigenvalue weighted by Gasteiger charge is 2.25. The van der Waals surface area contributed by atoms with Gasteiger partial charge >= 0.3 is 0 Å². The zero-order chi connectivity index (χ0) is 17.6. The van der Waals surface area contributed by atoms with Crippen LogP contribution >= 0.6 is 11.6 Å². The maximum atomic E-state index is 11.4. The van der Waals surface area contributed by atoms with Crippen LogP contribution in [0.3, 0.4) is 0 Å². The van der Waals surface area contributed by atoms with E-state index in [-0.39, 0.29) is 17.9 Å². The van der Waals surface area contributed by atoms with Crippen LogP contribution in [0.1, 0.15) is 44.1 Å². The number of rotatable bonds is 7. The number of hydrogen-bond donors (Lipinski definition) is 2. The Kier molecular flexibility index (Phi) is 6.57. The Morgan fingerprint density at radius 2 is 2.20 bits per heavy atom. The summed E-state index contributed by atoms with van der Waals surface area (Å²) in [7, 11) is 0. The number of primary amides is 1. The number of carbonyl (C=O) groups is 1. The molecule has 1 aromatic rings. The summed E-state index contributed by atoms with van der Waals surface area (Å²) in [4.78, 5) is 11.4. The van der Waals surface area contributed by atoms with E-state index in [9.17, 15) is 4.79 Å². The van der Waals surface area contributed by atoms with Gasteiger partial charge in [0.05, 0.1) is 6.10 Å². The van der Waals surface area contributed by atoms with E-state index in [1.807, 2.05) is 18.2 Å². The second-order valence-electron chi connectivity index (χ2n) is 7.04. The molecule has 0 aromatic heterocycles. The van der Waals surface area contributed by atoms with E-state index >= 15 is 0 Å². The van der Waals surface area contributed by atoms with Crippen LogP contribution < -0.4 is 15.8 Å². The summed E-state index contributed by atoms with van der Waals surface area (Å²) >= 11 is 6.16. The van der Waals surface area contributed by atoms with Gasteiger partial charge in [0.25, 0.3) is 0 Å². The van der Waals surface area contributed by atoms with Crippen LogP contribution in [0.25, 0.3) is 0 Å². The number of ether oxygens (including phenoxy) is 2. The van der Waals surface area contributed by atoms with E-state index in [4.69, 9.17) is 26.8 Å². The molecule has 1 aliphatic heterocycles. The molecule has 3 atom stereocenters. The number of benzene rings is 1. The number of amides is 1. The van der Waals surface area contributed by atoms with Crippen molar-refractivity contribution >= 4 is 17.5 Å². The monoisotopic (exact) mass is 366 g/mol. The lowest BCUT2D eigenvalue weighted by atomic mass is 9.85. The van der Waals surface area contributed by atoms with Crippen molar-refractivity contribution in [2.75, 3.05) is 13.2 Å². The molecule has 2 fully saturated rings. The molecule has 3 rings (SSSR count). The fraction of sp³-hybridized carbons (Fsp3) is 0.632. The lowest BCUT2D eigenvalue weighted by Gasteiger charge is -2.28. The number of hydrogen-bond acceptors (Lipinski definition) is 4. The smallest absolute Gasteiger partial charge is 0.220 e. The van der Waals surface area contributed by atoms with E-state index in [0.717, 1.165) is 56.4 Å². The molecule has 1 heterocycles. The molecule has 5 nitrogen and oxygen atoms in total. The molecule has 1 aliphatic carbocycles. The lowest BCUT2D eigenvalue weighted by molar-refractivity contribution is -0.122. The van der Waals surface area contributed by atoms with Crippen molar-refractivity contribution in [2.24, 2.45) is 11.7 Å². The van der Waals surface area contributed by atoms with E-state index in [1.54, 1.807) is 0 Å². The molecule has 1 aromatic carbocycles. The Hall–Kier alpha value is -1.30. The van der Waals surface area contributed by atoms with Gasteiger partial charge in [-0.1, -0.05) is 18.0 Å². The molecule has 0 bridgehead atoms. The largest absolute Gasteiger partial charge is 0.491 e. The average Bonchev–Trinajstić information content (AvgIpc) is 3.13. The van der Waals surface area contributed by atoms with Gasteiger partial charge in [-0.15, -0.1) is 0 Å². The average molecular weight is 367 g/mol. The third-order valence-corrected chi connectivity index (χ3v) is 5.36. The van der Waals surface area contributed by atoms with E-state index < -0.39 is 0 Å². The van der Waals surface area contributed by atoms with E-state index in [2.05, 4.69) is 5.32 Å². The third-order valence-electron chi connectivity index (χ3n) is 5.13. The SMILES string of the molecule is NC(=O)C1CCCC(NCc2cc(Cl)ccc2OCC2CCCO2)C1. The summed E-state index contributed by atoms with van der Waals surface area (Å²) in [5.41, 5.74) is 6.50. The van der Waals surface area contributed by atoms with E-state index in [0.29, 0.717) is 24.2 Å². The molecule has 1 amide bonds. The van der Waals surface area contributed by atoms with Crippen LogP contribution in [-0.2, 0) is 16.1 Å². The molecule has 2 aliphatic rings. The van der Waals surface area contributed by atoms with Crippen LogP contribution in [0.4, 0.5) is 0 Å². The van der Waals surface area contributed by atoms with Crippen molar-refractivity contribution < 1.29 is 14.3 Å². The number of carbonyl (C=O) groups excluding carboxylic acids is 1. The molecule has 138 valence electrons. The molecule has 6 heteroatoms. The Morgan fingerprint density at radius 1 is 1.32 bits per heavy atom. The lowest BCUT2D eigenvalue weighted by Crippen LogP contribution is -2.38. The molecule has 1 saturated carbocycles. The molecule has 3 N–H and O–H groups in total. The fourth-order valence-corrected chi connectivity index (χ4v) is 3.87. The fourth-order valence-electron chi connectivity index (χ4n) is 3.67. The first-order valence-corrected chi connectivity index (χ1v) is 9.55. The first-order valence-electron chi connectivity index (χ1n) is 9.17. The zero-order valence-corrected chi connectivity index (χ0v) is 15.3. The second-order valence-corrected chi connectivity index (χ2v) is 7.48. The van der Waals surface area contributed by atoms with Gasteiger partial charge < -0.3 is 20.5 Å². The summed E-state index contributed by atoms with van der Waals surface area (Å²) in [5, 5.41) is 4.24. The maximum absolute atomic E-state index is 11.4. The Labute approximate surface area is 154 Å². The molecular weight excluding hydrogens is 340 g/mol. The van der Waals surface area contributed by atoms with Crippen molar-refractivity contribution in [3.05, 3.63) is 28.8 Å². The Morgan fingerprint density at radius 3 is 2.96 bits per heavy atom. The Balaban J connectivity index is 1.56. The highest BCUT2D eigenvalue weighted by Crippen LogP contribution is 2.27. The number of nitrogens with two attached hydrogens (primary N) is 1. The predicted molar refractivity (Wildman–Crippen MR) is 97.7 cm³/mol. The van der Waals surface area contributed by atoms with Gasteiger partial charge in [-0.2, -0.15) is 0 Å². The molecule has 0 radical (unpaired) electrons. The van der Waals surface area contributed by atoms with Gasteiger partial charge in [-0.05, 0) is 50.3 Å². The molecule has 1 saturated heterocycles. The highest BCUT2D eigenvalue weighted by atomic mass is 35.5. The second kappa shape index (κ2) is 8.88. The first-order chi connectivity index (χ1) is 12.1. The van der Waals surface area contributed by atoms with Gasteiger partial charge in [0.1, 0.15) is 12.4 Å². The van der Waals surface area contributed by atoms with Crippen molar-refractivity contribution in [1.29, 1.82) is 0 Å². The van der Waals surface area contributed by atoms with Gasteiger partial charge in [0.2, 0.25) is 5.91 Å². The van der Waals surface area contributed by atoms with Gasteiger partial charge in [-0.25, -0.2) is 0 Å². The standard InChI is InChI=1S/C19H27ClN2O3/c20-15-6-7-18(25-12-17-5-2-8-24-17)14(9-15)11-22-16-4-1-3-13(10-16)19(21)23/h6-7,9,13,16-17,22H,1-5,8,10-12H2,(H2,21,23). The summed E-state index contributed by atoms with van der Waals surface area (Å²) in [6.45, 7) is 2.06. The molecule has 25 heavy (non-hydrogen) atoms. The third kappa shape index (κ3) is 5.33. The normalized spacial score (nSPS) is 26.5. The van der Waals surface area contributed by atoms with Gasteiger partial charge in [-0.3, -0.25) is 4.79 Å². The number of nitrogens with one attached hydrogen (secondary N) is 1. The summed E-state index contributed by atoms with van der Waals surface area (Å²) in [6.07, 6.45) is 6.15. The predicted octanol–water partition coefficient (Wildman–Crippen LogP) is 3.03. The quantitative estimate of drug-likeness (QED) is 0.777. The summed E-state index contributed by atoms with van der Waals surface area (Å²) in [6, 6.07) is 6.01. The summed E-state index contributed by atoms with van der Waals surface area (Å²) in [5.74, 6) is 0.644. The minimum absolute atomic E-state index is 0.0131. The Bertz CT molecular complexity index is 590. The maximum Gasteiger partial charge on any atom is 0.220 e. The van der Waals surface area contributed by atoms with Gasteiger partial charge in [0.15, 0.2) is 0 Å². The van der Waals surface area contributed by atoms with Crippen LogP contribution in [0.15, 0.2) is 18.2 Å². The van der Waals surface area contributed by atoms with E-state index in [1.165, 1.54) is 0 Å². The van der Waals surface area contributed by atoms with Crippen LogP contribution in [0.2, 0.25) is 5.02 Å². The van der Waals surface area contributed by atoms with Crippen molar-refractivity contribution in [3.8, 4) is 5.75 Å². The molecule has 3 unspecified atom stereocenters.